The minimum absolute atomic E-state index is 0.0601. The van der Waals surface area contributed by atoms with Gasteiger partial charge in [-0.25, -0.2) is 13.1 Å². The van der Waals surface area contributed by atoms with E-state index in [1.165, 1.54) is 0 Å². The highest BCUT2D eigenvalue weighted by Crippen LogP contribution is 2.15. The van der Waals surface area contributed by atoms with E-state index in [9.17, 15) is 13.2 Å². The number of rotatable bonds is 4. The fraction of sp³-hybridized carbons (Fsp3) is 0.167. The van der Waals surface area contributed by atoms with Gasteiger partial charge in [-0.3, -0.25) is 4.79 Å². The SMILES string of the molecule is Cc1ccc(S(=O)(=O)NCc2cc3cccc(C)c3[nH]c2=O)cc1. The molecule has 24 heavy (non-hydrogen) atoms. The van der Waals surface area contributed by atoms with Crippen molar-refractivity contribution >= 4 is 20.9 Å². The van der Waals surface area contributed by atoms with Crippen LogP contribution in [0, 0.1) is 13.8 Å². The normalized spacial score (nSPS) is 11.8. The first kappa shape index (κ1) is 16.4. The van der Waals surface area contributed by atoms with Gasteiger partial charge >= 0.3 is 0 Å². The van der Waals surface area contributed by atoms with Gasteiger partial charge in [0.2, 0.25) is 10.0 Å². The second kappa shape index (κ2) is 6.22. The van der Waals surface area contributed by atoms with Crippen LogP contribution in [0.4, 0.5) is 0 Å². The van der Waals surface area contributed by atoms with Gasteiger partial charge in [0.05, 0.1) is 10.4 Å². The van der Waals surface area contributed by atoms with E-state index in [1.54, 1.807) is 30.3 Å². The van der Waals surface area contributed by atoms with Crippen molar-refractivity contribution in [3.63, 3.8) is 0 Å². The molecule has 0 saturated heterocycles. The molecule has 0 unspecified atom stereocenters. The number of fused-ring (bicyclic) bond motifs is 1. The van der Waals surface area contributed by atoms with E-state index >= 15 is 0 Å². The number of benzene rings is 2. The molecule has 124 valence electrons. The topological polar surface area (TPSA) is 79.0 Å². The number of aromatic nitrogens is 1. The Labute approximate surface area is 140 Å². The van der Waals surface area contributed by atoms with Crippen molar-refractivity contribution in [2.45, 2.75) is 25.3 Å². The molecule has 5 nitrogen and oxygen atoms in total. The minimum atomic E-state index is -3.66. The van der Waals surface area contributed by atoms with Gasteiger partial charge in [0.1, 0.15) is 0 Å². The zero-order chi connectivity index (χ0) is 17.3. The van der Waals surface area contributed by atoms with Gasteiger partial charge in [0.25, 0.3) is 5.56 Å². The molecule has 3 rings (SSSR count). The number of H-pyrrole nitrogens is 1. The quantitative estimate of drug-likeness (QED) is 0.765. The van der Waals surface area contributed by atoms with Gasteiger partial charge in [-0.05, 0) is 43.0 Å². The van der Waals surface area contributed by atoms with E-state index in [2.05, 4.69) is 9.71 Å². The Morgan fingerprint density at radius 3 is 2.46 bits per heavy atom. The summed E-state index contributed by atoms with van der Waals surface area (Å²) in [5, 5.41) is 0.874. The van der Waals surface area contributed by atoms with E-state index in [0.29, 0.717) is 5.56 Å². The Morgan fingerprint density at radius 2 is 1.75 bits per heavy atom. The predicted molar refractivity (Wildman–Crippen MR) is 94.5 cm³/mol. The van der Waals surface area contributed by atoms with Crippen LogP contribution in [0.1, 0.15) is 16.7 Å². The number of para-hydroxylation sites is 1. The molecule has 0 fully saturated rings. The number of pyridine rings is 1. The van der Waals surface area contributed by atoms with E-state index in [0.717, 1.165) is 22.0 Å². The van der Waals surface area contributed by atoms with Crippen molar-refractivity contribution in [2.24, 2.45) is 0 Å². The number of hydrogen-bond acceptors (Lipinski definition) is 3. The van der Waals surface area contributed by atoms with Crippen LogP contribution in [0.5, 0.6) is 0 Å². The van der Waals surface area contributed by atoms with Crippen molar-refractivity contribution in [1.29, 1.82) is 0 Å². The molecule has 0 spiro atoms. The lowest BCUT2D eigenvalue weighted by molar-refractivity contribution is 0.581. The number of nitrogens with one attached hydrogen (secondary N) is 2. The molecule has 0 bridgehead atoms. The summed E-state index contributed by atoms with van der Waals surface area (Å²) in [7, 11) is -3.66. The monoisotopic (exact) mass is 342 g/mol. The fourth-order valence-corrected chi connectivity index (χ4v) is 3.54. The zero-order valence-corrected chi connectivity index (χ0v) is 14.3. The molecule has 0 saturated carbocycles. The molecule has 2 N–H and O–H groups in total. The molecule has 0 atom stereocenters. The summed E-state index contributed by atoms with van der Waals surface area (Å²) in [5.41, 5.74) is 2.81. The van der Waals surface area contributed by atoms with Crippen LogP contribution in [0.2, 0.25) is 0 Å². The highest BCUT2D eigenvalue weighted by Gasteiger charge is 2.14. The van der Waals surface area contributed by atoms with Crippen molar-refractivity contribution in [1.82, 2.24) is 9.71 Å². The molecule has 0 aliphatic carbocycles. The Balaban J connectivity index is 1.89. The van der Waals surface area contributed by atoms with Crippen LogP contribution < -0.4 is 10.3 Å². The van der Waals surface area contributed by atoms with Crippen molar-refractivity contribution < 1.29 is 8.42 Å². The van der Waals surface area contributed by atoms with Crippen molar-refractivity contribution in [3.8, 4) is 0 Å². The van der Waals surface area contributed by atoms with Crippen LogP contribution in [0.3, 0.4) is 0 Å². The third-order valence-corrected chi connectivity index (χ3v) is 5.37. The van der Waals surface area contributed by atoms with Crippen LogP contribution in [-0.2, 0) is 16.6 Å². The summed E-state index contributed by atoms with van der Waals surface area (Å²) in [5.74, 6) is 0. The maximum atomic E-state index is 12.3. The molecule has 0 aliphatic rings. The molecule has 0 aliphatic heterocycles. The first-order valence-corrected chi connectivity index (χ1v) is 9.03. The van der Waals surface area contributed by atoms with Gasteiger partial charge in [-0.1, -0.05) is 35.9 Å². The summed E-state index contributed by atoms with van der Waals surface area (Å²) in [6.07, 6.45) is 0. The highest BCUT2D eigenvalue weighted by molar-refractivity contribution is 7.89. The number of aromatic amines is 1. The van der Waals surface area contributed by atoms with Gasteiger partial charge in [0, 0.05) is 12.1 Å². The van der Waals surface area contributed by atoms with Gasteiger partial charge < -0.3 is 4.98 Å². The summed E-state index contributed by atoms with van der Waals surface area (Å²) in [6.45, 7) is 3.74. The standard InChI is InChI=1S/C18H18N2O3S/c1-12-6-8-16(9-7-12)24(22,23)19-11-15-10-14-5-3-4-13(2)17(14)20-18(15)21/h3-10,19H,11H2,1-2H3,(H,20,21). The fourth-order valence-electron chi connectivity index (χ4n) is 2.53. The predicted octanol–water partition coefficient (Wildman–Crippen LogP) is 2.62. The molecular formula is C18H18N2O3S. The molecule has 1 aromatic heterocycles. The smallest absolute Gasteiger partial charge is 0.252 e. The van der Waals surface area contributed by atoms with Crippen LogP contribution in [0.15, 0.2) is 58.2 Å². The number of hydrogen-bond donors (Lipinski definition) is 2. The van der Waals surface area contributed by atoms with E-state index in [-0.39, 0.29) is 17.0 Å². The van der Waals surface area contributed by atoms with Gasteiger partial charge in [0.15, 0.2) is 0 Å². The lowest BCUT2D eigenvalue weighted by Gasteiger charge is -2.08. The van der Waals surface area contributed by atoms with E-state index in [4.69, 9.17) is 0 Å². The lowest BCUT2D eigenvalue weighted by Crippen LogP contribution is -2.27. The molecule has 2 aromatic carbocycles. The lowest BCUT2D eigenvalue weighted by atomic mass is 10.1. The first-order valence-electron chi connectivity index (χ1n) is 7.55. The third kappa shape index (κ3) is 3.25. The van der Waals surface area contributed by atoms with Crippen LogP contribution >= 0.6 is 0 Å². The zero-order valence-electron chi connectivity index (χ0n) is 13.5. The number of sulfonamides is 1. The third-order valence-electron chi connectivity index (χ3n) is 3.95. The van der Waals surface area contributed by atoms with Crippen LogP contribution in [-0.4, -0.2) is 13.4 Å². The number of aryl methyl sites for hydroxylation is 2. The van der Waals surface area contributed by atoms with Gasteiger partial charge in [-0.15, -0.1) is 0 Å². The largest absolute Gasteiger partial charge is 0.321 e. The van der Waals surface area contributed by atoms with E-state index < -0.39 is 10.0 Å². The second-order valence-corrected chi connectivity index (χ2v) is 7.57. The molecule has 3 aromatic rings. The van der Waals surface area contributed by atoms with Crippen LogP contribution in [0.25, 0.3) is 10.9 Å². The van der Waals surface area contributed by atoms with Crippen molar-refractivity contribution in [2.75, 3.05) is 0 Å². The Morgan fingerprint density at radius 1 is 1.04 bits per heavy atom. The summed E-state index contributed by atoms with van der Waals surface area (Å²) in [4.78, 5) is 15.2. The summed E-state index contributed by atoms with van der Waals surface area (Å²) in [6, 6.07) is 14.0. The van der Waals surface area contributed by atoms with E-state index in [1.807, 2.05) is 32.0 Å². The Kier molecular flexibility index (Phi) is 4.26. The van der Waals surface area contributed by atoms with Crippen molar-refractivity contribution in [3.05, 3.63) is 75.6 Å². The van der Waals surface area contributed by atoms with Gasteiger partial charge in [-0.2, -0.15) is 0 Å². The summed E-state index contributed by atoms with van der Waals surface area (Å²) < 4.78 is 27.1. The average Bonchev–Trinajstić information content (AvgIpc) is 2.54. The summed E-state index contributed by atoms with van der Waals surface area (Å²) >= 11 is 0. The molecule has 0 amide bonds. The molecule has 0 radical (unpaired) electrons. The highest BCUT2D eigenvalue weighted by atomic mass is 32.2. The Hall–Kier alpha value is -2.44. The molecule has 1 heterocycles. The average molecular weight is 342 g/mol. The first-order chi connectivity index (χ1) is 11.4. The Bertz CT molecular complexity index is 1050. The molecule has 6 heteroatoms. The second-order valence-electron chi connectivity index (χ2n) is 5.80. The maximum absolute atomic E-state index is 12.3. The minimum Gasteiger partial charge on any atom is -0.321 e. The maximum Gasteiger partial charge on any atom is 0.252 e. The molecular weight excluding hydrogens is 324 g/mol.